The molecule has 0 spiro atoms. The van der Waals surface area contributed by atoms with Gasteiger partial charge in [-0.05, 0) is 56.0 Å². The minimum atomic E-state index is -0.308. The molecule has 0 bridgehead atoms. The Morgan fingerprint density at radius 3 is 2.94 bits per heavy atom. The third-order valence-electron chi connectivity index (χ3n) is 6.64. The summed E-state index contributed by atoms with van der Waals surface area (Å²) >= 11 is 0. The first-order chi connectivity index (χ1) is 16.2. The van der Waals surface area contributed by atoms with E-state index in [9.17, 15) is 4.79 Å². The van der Waals surface area contributed by atoms with Crippen molar-refractivity contribution >= 4 is 5.69 Å². The van der Waals surface area contributed by atoms with Crippen LogP contribution < -0.4 is 24.8 Å². The van der Waals surface area contributed by atoms with E-state index in [1.54, 1.807) is 16.8 Å². The molecular weight excluding hydrogens is 420 g/mol. The van der Waals surface area contributed by atoms with Crippen LogP contribution in [-0.4, -0.2) is 46.9 Å². The number of aromatic nitrogens is 3. The quantitative estimate of drug-likeness (QED) is 0.610. The van der Waals surface area contributed by atoms with Crippen molar-refractivity contribution in [3.63, 3.8) is 0 Å². The molecule has 1 fully saturated rings. The molecule has 6 rings (SSSR count). The zero-order chi connectivity index (χ0) is 22.4. The molecule has 5 heterocycles. The molecule has 170 valence electrons. The molecule has 8 nitrogen and oxygen atoms in total. The smallest absolute Gasteiger partial charge is 0.351 e. The Morgan fingerprint density at radius 2 is 2.06 bits per heavy atom. The Bertz CT molecular complexity index is 1270. The maximum absolute atomic E-state index is 12.8. The number of aryl methyl sites for hydroxylation is 1. The lowest BCUT2D eigenvalue weighted by molar-refractivity contribution is 0.0484. The van der Waals surface area contributed by atoms with Crippen LogP contribution in [0.2, 0.25) is 0 Å². The number of anilines is 1. The van der Waals surface area contributed by atoms with E-state index in [2.05, 4.69) is 33.1 Å². The predicted molar refractivity (Wildman–Crippen MR) is 123 cm³/mol. The van der Waals surface area contributed by atoms with Gasteiger partial charge in [0.1, 0.15) is 13.2 Å². The molecule has 0 aliphatic carbocycles. The average Bonchev–Trinajstić information content (AvgIpc) is 3.39. The minimum Gasteiger partial charge on any atom is -0.478 e. The fourth-order valence-corrected chi connectivity index (χ4v) is 4.96. The van der Waals surface area contributed by atoms with E-state index >= 15 is 0 Å². The monoisotopic (exact) mass is 446 g/mol. The van der Waals surface area contributed by atoms with Crippen LogP contribution in [0.4, 0.5) is 5.69 Å². The first-order valence-electron chi connectivity index (χ1n) is 11.5. The molecule has 3 aromatic rings. The predicted octanol–water partition coefficient (Wildman–Crippen LogP) is 2.99. The summed E-state index contributed by atoms with van der Waals surface area (Å²) in [4.78, 5) is 23.7. The molecule has 1 unspecified atom stereocenters. The van der Waals surface area contributed by atoms with E-state index in [1.807, 2.05) is 13.0 Å². The molecule has 0 N–H and O–H groups in total. The summed E-state index contributed by atoms with van der Waals surface area (Å²) in [6, 6.07) is 10.2. The second-order valence-corrected chi connectivity index (χ2v) is 8.78. The van der Waals surface area contributed by atoms with Crippen LogP contribution in [-0.2, 0) is 13.0 Å². The Morgan fingerprint density at radius 1 is 1.18 bits per heavy atom. The van der Waals surface area contributed by atoms with Crippen LogP contribution in [0, 0.1) is 6.92 Å². The van der Waals surface area contributed by atoms with Crippen molar-refractivity contribution in [3.8, 4) is 28.8 Å². The molecule has 8 heteroatoms. The summed E-state index contributed by atoms with van der Waals surface area (Å²) in [6.45, 7) is 5.38. The van der Waals surface area contributed by atoms with Gasteiger partial charge in [-0.1, -0.05) is 6.07 Å². The number of rotatable bonds is 4. The zero-order valence-corrected chi connectivity index (χ0v) is 18.6. The average molecular weight is 447 g/mol. The summed E-state index contributed by atoms with van der Waals surface area (Å²) in [5, 5.41) is 0. The molecule has 33 heavy (non-hydrogen) atoms. The van der Waals surface area contributed by atoms with Crippen LogP contribution in [0.15, 0.2) is 41.3 Å². The van der Waals surface area contributed by atoms with E-state index in [0.717, 1.165) is 36.3 Å². The van der Waals surface area contributed by atoms with Crippen molar-refractivity contribution < 1.29 is 14.2 Å². The van der Waals surface area contributed by atoms with Crippen LogP contribution in [0.25, 0.3) is 11.3 Å². The van der Waals surface area contributed by atoms with E-state index in [0.29, 0.717) is 30.7 Å². The van der Waals surface area contributed by atoms with Gasteiger partial charge in [-0.3, -0.25) is 4.57 Å². The van der Waals surface area contributed by atoms with Crippen molar-refractivity contribution in [1.29, 1.82) is 0 Å². The summed E-state index contributed by atoms with van der Waals surface area (Å²) in [5.74, 6) is 1.43. The number of nitrogens with zero attached hydrogens (tertiary/aromatic N) is 4. The Balaban J connectivity index is 1.27. The van der Waals surface area contributed by atoms with E-state index in [4.69, 9.17) is 14.2 Å². The molecule has 1 aromatic carbocycles. The van der Waals surface area contributed by atoms with E-state index in [-0.39, 0.29) is 18.4 Å². The van der Waals surface area contributed by atoms with Gasteiger partial charge in [0.05, 0.1) is 5.69 Å². The van der Waals surface area contributed by atoms with Crippen LogP contribution in [0.1, 0.15) is 24.0 Å². The zero-order valence-electron chi connectivity index (χ0n) is 18.6. The highest BCUT2D eigenvalue weighted by Crippen LogP contribution is 2.36. The van der Waals surface area contributed by atoms with Gasteiger partial charge >= 0.3 is 5.69 Å². The Hall–Kier alpha value is -3.55. The molecule has 2 aromatic heterocycles. The van der Waals surface area contributed by atoms with Crippen LogP contribution in [0.5, 0.6) is 17.5 Å². The van der Waals surface area contributed by atoms with Gasteiger partial charge in [0.15, 0.2) is 11.9 Å². The van der Waals surface area contributed by atoms with Gasteiger partial charge in [-0.15, -0.1) is 0 Å². The lowest BCUT2D eigenvalue weighted by Crippen LogP contribution is -2.36. The van der Waals surface area contributed by atoms with Crippen LogP contribution in [0.3, 0.4) is 0 Å². The summed E-state index contributed by atoms with van der Waals surface area (Å²) < 4.78 is 19.4. The second-order valence-electron chi connectivity index (χ2n) is 8.78. The van der Waals surface area contributed by atoms with Gasteiger partial charge in [0, 0.05) is 42.6 Å². The van der Waals surface area contributed by atoms with Crippen molar-refractivity contribution in [2.45, 2.75) is 38.8 Å². The SMILES string of the molecule is Cc1c(OCC2COc3ncccc3O2)nc(=O)n2c1-c1ccc(N3CCCC3)cc1CC2. The highest BCUT2D eigenvalue weighted by molar-refractivity contribution is 5.73. The van der Waals surface area contributed by atoms with Gasteiger partial charge < -0.3 is 19.1 Å². The highest BCUT2D eigenvalue weighted by atomic mass is 16.6. The van der Waals surface area contributed by atoms with Gasteiger partial charge in [-0.2, -0.15) is 4.98 Å². The fourth-order valence-electron chi connectivity index (χ4n) is 4.96. The highest BCUT2D eigenvalue weighted by Gasteiger charge is 2.26. The maximum Gasteiger partial charge on any atom is 0.351 e. The lowest BCUT2D eigenvalue weighted by Gasteiger charge is -2.27. The number of fused-ring (bicyclic) bond motifs is 4. The normalized spacial score (nSPS) is 18.6. The van der Waals surface area contributed by atoms with Crippen LogP contribution >= 0.6 is 0 Å². The first-order valence-corrected chi connectivity index (χ1v) is 11.5. The lowest BCUT2D eigenvalue weighted by atomic mass is 9.94. The molecule has 0 radical (unpaired) electrons. The van der Waals surface area contributed by atoms with E-state index < -0.39 is 0 Å². The number of ether oxygens (including phenoxy) is 3. The maximum atomic E-state index is 12.8. The topological polar surface area (TPSA) is 78.7 Å². The largest absolute Gasteiger partial charge is 0.478 e. The van der Waals surface area contributed by atoms with Crippen molar-refractivity contribution in [3.05, 3.63) is 58.1 Å². The number of pyridine rings is 1. The fraction of sp³-hybridized carbons (Fsp3) is 0.400. The van der Waals surface area contributed by atoms with Gasteiger partial charge in [0.2, 0.25) is 5.88 Å². The Labute approximate surface area is 191 Å². The molecule has 1 atom stereocenters. The second kappa shape index (κ2) is 8.10. The third kappa shape index (κ3) is 3.59. The molecule has 3 aliphatic rings. The molecule has 0 saturated carbocycles. The number of hydrogen-bond acceptors (Lipinski definition) is 7. The standard InChI is InChI=1S/C25H26N4O4/c1-16-22-20-7-6-18(28-10-2-3-11-28)13-17(20)8-12-29(22)25(30)27-23(16)31-14-19-15-32-24-21(33-19)5-4-9-26-24/h4-7,9,13,19H,2-3,8,10-12,14-15H2,1H3. The molecular formula is C25H26N4O4. The minimum absolute atomic E-state index is 0.228. The summed E-state index contributed by atoms with van der Waals surface area (Å²) in [5.41, 5.74) is 5.11. The summed E-state index contributed by atoms with van der Waals surface area (Å²) in [7, 11) is 0. The van der Waals surface area contributed by atoms with Gasteiger partial charge in [0.25, 0.3) is 5.88 Å². The van der Waals surface area contributed by atoms with Crippen molar-refractivity contribution in [2.75, 3.05) is 31.2 Å². The summed E-state index contributed by atoms with van der Waals surface area (Å²) in [6.07, 6.45) is 4.68. The van der Waals surface area contributed by atoms with Crippen molar-refractivity contribution in [2.24, 2.45) is 0 Å². The first kappa shape index (κ1) is 20.1. The molecule has 0 amide bonds. The number of hydrogen-bond donors (Lipinski definition) is 0. The molecule has 3 aliphatic heterocycles. The Kier molecular flexibility index (Phi) is 4.93. The van der Waals surface area contributed by atoms with Gasteiger partial charge in [-0.25, -0.2) is 9.78 Å². The number of benzene rings is 1. The third-order valence-corrected chi connectivity index (χ3v) is 6.64. The molecule has 1 saturated heterocycles. The van der Waals surface area contributed by atoms with E-state index in [1.165, 1.54) is 24.1 Å². The van der Waals surface area contributed by atoms with Crippen molar-refractivity contribution in [1.82, 2.24) is 14.5 Å².